The van der Waals surface area contributed by atoms with Gasteiger partial charge in [-0.15, -0.1) is 0 Å². The summed E-state index contributed by atoms with van der Waals surface area (Å²) < 4.78 is 18.3. The maximum Gasteiger partial charge on any atom is 0.123 e. The molecular formula is C15H24FNOS. The van der Waals surface area contributed by atoms with Gasteiger partial charge in [0.25, 0.3) is 0 Å². The van der Waals surface area contributed by atoms with E-state index in [1.54, 1.807) is 19.2 Å². The van der Waals surface area contributed by atoms with Gasteiger partial charge in [0.2, 0.25) is 0 Å². The van der Waals surface area contributed by atoms with E-state index in [0.29, 0.717) is 12.5 Å². The summed E-state index contributed by atoms with van der Waals surface area (Å²) >= 11 is 1.93. The third-order valence-corrected chi connectivity index (χ3v) is 3.94. The van der Waals surface area contributed by atoms with Crippen LogP contribution in [0.1, 0.15) is 24.8 Å². The Morgan fingerprint density at radius 1 is 1.42 bits per heavy atom. The van der Waals surface area contributed by atoms with E-state index in [-0.39, 0.29) is 5.82 Å². The van der Waals surface area contributed by atoms with Crippen molar-refractivity contribution in [2.45, 2.75) is 19.3 Å². The zero-order chi connectivity index (χ0) is 13.9. The van der Waals surface area contributed by atoms with Gasteiger partial charge in [-0.25, -0.2) is 4.39 Å². The fourth-order valence-electron chi connectivity index (χ4n) is 1.97. The van der Waals surface area contributed by atoms with Gasteiger partial charge in [-0.2, -0.15) is 11.8 Å². The minimum Gasteiger partial charge on any atom is -0.383 e. The first-order valence-electron chi connectivity index (χ1n) is 6.80. The first-order valence-corrected chi connectivity index (χ1v) is 7.96. The summed E-state index contributed by atoms with van der Waals surface area (Å²) in [5.74, 6) is 2.46. The highest BCUT2D eigenvalue weighted by molar-refractivity contribution is 7.99. The van der Waals surface area contributed by atoms with Crippen LogP contribution in [0, 0.1) is 5.82 Å². The molecule has 1 atom stereocenters. The van der Waals surface area contributed by atoms with Crippen molar-refractivity contribution in [3.8, 4) is 0 Å². The van der Waals surface area contributed by atoms with Crippen molar-refractivity contribution in [2.75, 3.05) is 38.3 Å². The molecule has 0 aliphatic carbocycles. The molecule has 0 saturated heterocycles. The monoisotopic (exact) mass is 285 g/mol. The van der Waals surface area contributed by atoms with Gasteiger partial charge in [-0.1, -0.05) is 19.1 Å². The largest absolute Gasteiger partial charge is 0.383 e. The summed E-state index contributed by atoms with van der Waals surface area (Å²) in [6.07, 6.45) is 1.07. The molecule has 0 heterocycles. The van der Waals surface area contributed by atoms with Gasteiger partial charge in [0.1, 0.15) is 5.82 Å². The molecule has 19 heavy (non-hydrogen) atoms. The van der Waals surface area contributed by atoms with E-state index in [2.05, 4.69) is 12.2 Å². The van der Waals surface area contributed by atoms with Gasteiger partial charge >= 0.3 is 0 Å². The second-order valence-electron chi connectivity index (χ2n) is 4.43. The number of nitrogens with one attached hydrogen (secondary N) is 1. The molecule has 0 aliphatic heterocycles. The van der Waals surface area contributed by atoms with Gasteiger partial charge in [0.15, 0.2) is 0 Å². The summed E-state index contributed by atoms with van der Waals surface area (Å²) in [5.41, 5.74) is 1.08. The van der Waals surface area contributed by atoms with Crippen LogP contribution < -0.4 is 5.32 Å². The van der Waals surface area contributed by atoms with Gasteiger partial charge in [0, 0.05) is 20.2 Å². The minimum atomic E-state index is -0.150. The molecule has 0 amide bonds. The van der Waals surface area contributed by atoms with E-state index in [9.17, 15) is 4.39 Å². The lowest BCUT2D eigenvalue weighted by atomic mass is 9.96. The highest BCUT2D eigenvalue weighted by Gasteiger charge is 2.11. The zero-order valence-electron chi connectivity index (χ0n) is 11.8. The first kappa shape index (κ1) is 16.5. The van der Waals surface area contributed by atoms with Crippen LogP contribution in [-0.4, -0.2) is 38.3 Å². The van der Waals surface area contributed by atoms with Crippen LogP contribution >= 0.6 is 11.8 Å². The normalized spacial score (nSPS) is 12.6. The number of hydrogen-bond donors (Lipinski definition) is 1. The lowest BCUT2D eigenvalue weighted by Crippen LogP contribution is -2.25. The number of halogens is 1. The summed E-state index contributed by atoms with van der Waals surface area (Å²) in [5, 5.41) is 3.37. The molecule has 1 N–H and O–H groups in total. The maximum atomic E-state index is 13.3. The van der Waals surface area contributed by atoms with Gasteiger partial charge < -0.3 is 10.1 Å². The number of thioether (sulfide) groups is 1. The van der Waals surface area contributed by atoms with Crippen molar-refractivity contribution in [1.29, 1.82) is 0 Å². The van der Waals surface area contributed by atoms with Crippen molar-refractivity contribution >= 4 is 11.8 Å². The molecule has 0 saturated carbocycles. The van der Waals surface area contributed by atoms with Crippen LogP contribution in [0.4, 0.5) is 4.39 Å². The number of ether oxygens (including phenoxy) is 1. The van der Waals surface area contributed by atoms with Crippen molar-refractivity contribution in [3.05, 3.63) is 35.6 Å². The second kappa shape index (κ2) is 10.2. The van der Waals surface area contributed by atoms with Crippen molar-refractivity contribution in [2.24, 2.45) is 0 Å². The third kappa shape index (κ3) is 6.95. The number of hydrogen-bond acceptors (Lipinski definition) is 3. The Kier molecular flexibility index (Phi) is 8.88. The molecule has 0 fully saturated rings. The van der Waals surface area contributed by atoms with E-state index in [0.717, 1.165) is 36.6 Å². The Morgan fingerprint density at radius 3 is 2.95 bits per heavy atom. The average Bonchev–Trinajstić information content (AvgIpc) is 2.41. The number of methoxy groups -OCH3 is 1. The minimum absolute atomic E-state index is 0.150. The second-order valence-corrected chi connectivity index (χ2v) is 5.83. The first-order chi connectivity index (χ1) is 9.27. The molecule has 1 rings (SSSR count). The molecule has 1 aromatic rings. The molecular weight excluding hydrogens is 261 g/mol. The van der Waals surface area contributed by atoms with Crippen molar-refractivity contribution in [1.82, 2.24) is 5.32 Å². The Hall–Kier alpha value is -0.580. The molecule has 0 aliphatic rings. The Bertz CT molecular complexity index is 349. The molecule has 2 nitrogen and oxygen atoms in total. The fraction of sp³-hybridized carbons (Fsp3) is 0.600. The van der Waals surface area contributed by atoms with E-state index < -0.39 is 0 Å². The summed E-state index contributed by atoms with van der Waals surface area (Å²) in [6, 6.07) is 6.96. The Balaban J connectivity index is 2.52. The zero-order valence-corrected chi connectivity index (χ0v) is 12.6. The van der Waals surface area contributed by atoms with Gasteiger partial charge in [-0.05, 0) is 41.5 Å². The van der Waals surface area contributed by atoms with E-state index in [4.69, 9.17) is 4.74 Å². The topological polar surface area (TPSA) is 21.3 Å². The van der Waals surface area contributed by atoms with Crippen molar-refractivity contribution in [3.63, 3.8) is 0 Å². The van der Waals surface area contributed by atoms with E-state index in [1.807, 2.05) is 17.8 Å². The summed E-state index contributed by atoms with van der Waals surface area (Å²) in [4.78, 5) is 0. The standard InChI is InChI=1S/C15H24FNOS/c1-3-19-10-7-14(12-17-8-9-18-2)13-5-4-6-15(16)11-13/h4-6,11,14,17H,3,7-10,12H2,1-2H3. The predicted molar refractivity (Wildman–Crippen MR) is 81.5 cm³/mol. The molecule has 108 valence electrons. The molecule has 0 spiro atoms. The number of benzene rings is 1. The number of rotatable bonds is 10. The van der Waals surface area contributed by atoms with Crippen LogP contribution in [0.15, 0.2) is 24.3 Å². The predicted octanol–water partition coefficient (Wildman–Crippen LogP) is 3.29. The molecule has 0 bridgehead atoms. The van der Waals surface area contributed by atoms with Crippen LogP contribution in [0.25, 0.3) is 0 Å². The van der Waals surface area contributed by atoms with E-state index >= 15 is 0 Å². The Morgan fingerprint density at radius 2 is 2.26 bits per heavy atom. The molecule has 4 heteroatoms. The molecule has 1 aromatic carbocycles. The smallest absolute Gasteiger partial charge is 0.123 e. The highest BCUT2D eigenvalue weighted by Crippen LogP contribution is 2.22. The SMILES string of the molecule is CCSCCC(CNCCOC)c1cccc(F)c1. The quantitative estimate of drug-likeness (QED) is 0.667. The Labute approximate surface area is 120 Å². The molecule has 0 aromatic heterocycles. The van der Waals surface area contributed by atoms with Crippen molar-refractivity contribution < 1.29 is 9.13 Å². The fourth-order valence-corrected chi connectivity index (χ4v) is 2.71. The lowest BCUT2D eigenvalue weighted by molar-refractivity contribution is 0.199. The van der Waals surface area contributed by atoms with Crippen LogP contribution in [0.2, 0.25) is 0 Å². The lowest BCUT2D eigenvalue weighted by Gasteiger charge is -2.18. The van der Waals surface area contributed by atoms with Crippen LogP contribution in [-0.2, 0) is 4.74 Å². The summed E-state index contributed by atoms with van der Waals surface area (Å²) in [7, 11) is 1.70. The van der Waals surface area contributed by atoms with Gasteiger partial charge in [-0.3, -0.25) is 0 Å². The molecule has 0 radical (unpaired) electrons. The van der Waals surface area contributed by atoms with E-state index in [1.165, 1.54) is 6.07 Å². The average molecular weight is 285 g/mol. The van der Waals surface area contributed by atoms with Crippen LogP contribution in [0.5, 0.6) is 0 Å². The van der Waals surface area contributed by atoms with Gasteiger partial charge in [0.05, 0.1) is 6.61 Å². The third-order valence-electron chi connectivity index (χ3n) is 3.01. The maximum absolute atomic E-state index is 13.3. The van der Waals surface area contributed by atoms with Crippen LogP contribution in [0.3, 0.4) is 0 Å². The highest BCUT2D eigenvalue weighted by atomic mass is 32.2. The summed E-state index contributed by atoms with van der Waals surface area (Å²) in [6.45, 7) is 4.58. The molecule has 1 unspecified atom stereocenters.